The van der Waals surface area contributed by atoms with Crippen LogP contribution in [0.2, 0.25) is 0 Å². The van der Waals surface area contributed by atoms with Crippen LogP contribution in [0.5, 0.6) is 6.01 Å². The van der Waals surface area contributed by atoms with Crippen molar-refractivity contribution in [1.82, 2.24) is 20.0 Å². The fourth-order valence-corrected chi connectivity index (χ4v) is 7.51. The van der Waals surface area contributed by atoms with E-state index in [1.165, 1.54) is 0 Å². The number of nitrogens with two attached hydrogens (primary N) is 1. The molecular weight excluding hydrogens is 525 g/mol. The highest BCUT2D eigenvalue weighted by atomic mass is 19.1. The third-order valence-corrected chi connectivity index (χ3v) is 9.40. The van der Waals surface area contributed by atoms with E-state index in [1.54, 1.807) is 6.26 Å². The first kappa shape index (κ1) is 26.2. The van der Waals surface area contributed by atoms with Crippen molar-refractivity contribution in [3.05, 3.63) is 58.1 Å². The van der Waals surface area contributed by atoms with Gasteiger partial charge in [0.1, 0.15) is 42.2 Å². The summed E-state index contributed by atoms with van der Waals surface area (Å²) in [5, 5.41) is 14.1. The van der Waals surface area contributed by atoms with Crippen LogP contribution in [0.15, 0.2) is 29.0 Å². The second-order valence-corrected chi connectivity index (χ2v) is 12.0. The molecule has 2 aromatic heterocycles. The Labute approximate surface area is 238 Å². The molecule has 11 heteroatoms. The zero-order valence-electron chi connectivity index (χ0n) is 23.2. The van der Waals surface area contributed by atoms with Crippen LogP contribution in [0.25, 0.3) is 0 Å². The SMILES string of the molecule is CN(Cc1ccon1)c1nc(OCC23CCCN2C[C@H](F)C3)nc2c1CO[C@@]1(CCCc3ccc(N)c(C#N)c31)C2. The van der Waals surface area contributed by atoms with E-state index < -0.39 is 11.8 Å². The maximum Gasteiger partial charge on any atom is 0.318 e. The lowest BCUT2D eigenvalue weighted by atomic mass is 9.72. The molecule has 0 radical (unpaired) electrons. The van der Waals surface area contributed by atoms with Gasteiger partial charge in [-0.15, -0.1) is 0 Å². The second kappa shape index (κ2) is 9.96. The Morgan fingerprint density at radius 3 is 3.00 bits per heavy atom. The lowest BCUT2D eigenvalue weighted by Crippen LogP contribution is -2.44. The normalized spacial score (nSPS) is 26.8. The number of nitrogens with zero attached hydrogens (tertiary/aromatic N) is 6. The topological polar surface area (TPSA) is 127 Å². The number of hydrogen-bond donors (Lipinski definition) is 1. The van der Waals surface area contributed by atoms with Crippen molar-refractivity contribution in [2.24, 2.45) is 0 Å². The highest BCUT2D eigenvalue weighted by molar-refractivity contribution is 5.63. The molecule has 10 nitrogen and oxygen atoms in total. The number of nitriles is 1. The summed E-state index contributed by atoms with van der Waals surface area (Å²) in [6, 6.07) is 8.26. The van der Waals surface area contributed by atoms with Crippen LogP contribution in [0.1, 0.15) is 65.7 Å². The molecule has 2 saturated heterocycles. The number of hydrogen-bond acceptors (Lipinski definition) is 10. The Balaban J connectivity index is 1.26. The zero-order valence-corrected chi connectivity index (χ0v) is 23.2. The Bertz CT molecular complexity index is 1510. The first-order valence-electron chi connectivity index (χ1n) is 14.4. The van der Waals surface area contributed by atoms with Crippen LogP contribution in [-0.2, 0) is 36.3 Å². The third kappa shape index (κ3) is 4.41. The lowest BCUT2D eigenvalue weighted by molar-refractivity contribution is -0.0857. The Hall–Kier alpha value is -3.75. The Kier molecular flexibility index (Phi) is 6.36. The van der Waals surface area contributed by atoms with E-state index in [0.29, 0.717) is 49.6 Å². The van der Waals surface area contributed by atoms with Gasteiger partial charge in [0.25, 0.3) is 0 Å². The molecule has 2 fully saturated rings. The minimum absolute atomic E-state index is 0.274. The second-order valence-electron chi connectivity index (χ2n) is 12.0. The van der Waals surface area contributed by atoms with Gasteiger partial charge in [-0.05, 0) is 50.3 Å². The molecular formula is C30H34FN7O3. The number of aromatic nitrogens is 3. The van der Waals surface area contributed by atoms with E-state index >= 15 is 0 Å². The number of benzene rings is 1. The van der Waals surface area contributed by atoms with Crippen LogP contribution < -0.4 is 15.4 Å². The molecule has 2 N–H and O–H groups in total. The monoisotopic (exact) mass is 559 g/mol. The van der Waals surface area contributed by atoms with Crippen LogP contribution >= 0.6 is 0 Å². The summed E-state index contributed by atoms with van der Waals surface area (Å²) >= 11 is 0. The van der Waals surface area contributed by atoms with Gasteiger partial charge in [-0.3, -0.25) is 4.90 Å². The summed E-state index contributed by atoms with van der Waals surface area (Å²) in [6.45, 7) is 2.46. The molecule has 1 aliphatic carbocycles. The van der Waals surface area contributed by atoms with Crippen molar-refractivity contribution in [2.45, 2.75) is 75.4 Å². The van der Waals surface area contributed by atoms with Gasteiger partial charge in [0.2, 0.25) is 0 Å². The van der Waals surface area contributed by atoms with Crippen LogP contribution in [0, 0.1) is 11.3 Å². The van der Waals surface area contributed by atoms with Gasteiger partial charge in [0.15, 0.2) is 0 Å². The summed E-state index contributed by atoms with van der Waals surface area (Å²) in [5.41, 5.74) is 10.7. The van der Waals surface area contributed by atoms with E-state index in [9.17, 15) is 9.65 Å². The minimum atomic E-state index is -0.836. The van der Waals surface area contributed by atoms with E-state index in [2.05, 4.69) is 16.1 Å². The summed E-state index contributed by atoms with van der Waals surface area (Å²) in [4.78, 5) is 14.0. The molecule has 3 aliphatic heterocycles. The number of fused-ring (bicyclic) bond motifs is 4. The average molecular weight is 560 g/mol. The van der Waals surface area contributed by atoms with Crippen molar-refractivity contribution in [2.75, 3.05) is 37.4 Å². The molecule has 1 unspecified atom stereocenters. The number of ether oxygens (including phenoxy) is 2. The molecule has 5 heterocycles. The maximum absolute atomic E-state index is 14.4. The highest BCUT2D eigenvalue weighted by Gasteiger charge is 2.50. The number of rotatable bonds is 6. The molecule has 41 heavy (non-hydrogen) atoms. The van der Waals surface area contributed by atoms with E-state index in [1.807, 2.05) is 30.1 Å². The largest absolute Gasteiger partial charge is 0.461 e. The number of aryl methyl sites for hydroxylation is 1. The summed E-state index contributed by atoms with van der Waals surface area (Å²) in [5.74, 6) is 0.697. The van der Waals surface area contributed by atoms with Crippen LogP contribution in [0.3, 0.4) is 0 Å². The fourth-order valence-electron chi connectivity index (χ4n) is 7.51. The number of halogens is 1. The third-order valence-electron chi connectivity index (χ3n) is 9.40. The standard InChI is InChI=1S/C30H34FN7O3/c1-37(16-21-7-11-41-36-21)27-23-17-40-30(9-2-4-19-5-6-24(33)22(14-32)26(19)30)13-25(23)34-28(35-27)39-18-29-8-3-10-38(29)15-20(31)12-29/h5-7,11,20H,2-4,8-10,12-13,15-18,33H2,1H3/t20-,29?,30+/m1/s1. The maximum atomic E-state index is 14.4. The molecule has 0 bridgehead atoms. The van der Waals surface area contributed by atoms with Crippen molar-refractivity contribution >= 4 is 11.5 Å². The molecule has 214 valence electrons. The Morgan fingerprint density at radius 2 is 2.17 bits per heavy atom. The van der Waals surface area contributed by atoms with E-state index in [-0.39, 0.29) is 18.2 Å². The van der Waals surface area contributed by atoms with Gasteiger partial charge >= 0.3 is 6.01 Å². The number of nitrogen functional groups attached to an aromatic ring is 1. The highest BCUT2D eigenvalue weighted by Crippen LogP contribution is 2.48. The molecule has 7 rings (SSSR count). The summed E-state index contributed by atoms with van der Waals surface area (Å²) in [6.07, 6.45) is 6.18. The van der Waals surface area contributed by atoms with E-state index in [4.69, 9.17) is 29.7 Å². The van der Waals surface area contributed by atoms with Gasteiger partial charge in [-0.1, -0.05) is 11.2 Å². The Morgan fingerprint density at radius 1 is 1.27 bits per heavy atom. The van der Waals surface area contributed by atoms with Gasteiger partial charge in [0.05, 0.1) is 29.9 Å². The predicted octanol–water partition coefficient (Wildman–Crippen LogP) is 3.81. The zero-order chi connectivity index (χ0) is 28.2. The molecule has 1 aromatic carbocycles. The quantitative estimate of drug-likeness (QED) is 0.446. The minimum Gasteiger partial charge on any atom is -0.461 e. The van der Waals surface area contributed by atoms with Crippen molar-refractivity contribution in [3.8, 4) is 12.1 Å². The molecule has 3 atom stereocenters. The van der Waals surface area contributed by atoms with Crippen molar-refractivity contribution < 1.29 is 18.4 Å². The first-order valence-corrected chi connectivity index (χ1v) is 14.4. The number of anilines is 2. The lowest BCUT2D eigenvalue weighted by Gasteiger charge is -2.43. The molecule has 3 aromatic rings. The van der Waals surface area contributed by atoms with Gasteiger partial charge in [-0.25, -0.2) is 4.39 Å². The molecule has 0 amide bonds. The molecule has 0 saturated carbocycles. The van der Waals surface area contributed by atoms with Gasteiger partial charge in [0, 0.05) is 49.3 Å². The summed E-state index contributed by atoms with van der Waals surface area (Å²) in [7, 11) is 1.94. The molecule has 1 spiro atoms. The average Bonchev–Trinajstić information content (AvgIpc) is 3.68. The summed E-state index contributed by atoms with van der Waals surface area (Å²) < 4.78 is 32.5. The smallest absolute Gasteiger partial charge is 0.318 e. The van der Waals surface area contributed by atoms with Crippen LogP contribution in [0.4, 0.5) is 15.9 Å². The van der Waals surface area contributed by atoms with Crippen molar-refractivity contribution in [3.63, 3.8) is 0 Å². The molecule has 4 aliphatic rings. The van der Waals surface area contributed by atoms with Gasteiger partial charge < -0.3 is 24.6 Å². The van der Waals surface area contributed by atoms with Gasteiger partial charge in [-0.2, -0.15) is 15.2 Å². The van der Waals surface area contributed by atoms with Crippen molar-refractivity contribution in [1.29, 1.82) is 5.26 Å². The number of alkyl halides is 1. The first-order chi connectivity index (χ1) is 19.9. The van der Waals surface area contributed by atoms with E-state index in [0.717, 1.165) is 66.7 Å². The van der Waals surface area contributed by atoms with Crippen LogP contribution in [-0.4, -0.2) is 58.5 Å². The predicted molar refractivity (Wildman–Crippen MR) is 148 cm³/mol. The fraction of sp³-hybridized carbons (Fsp3) is 0.533.